The van der Waals surface area contributed by atoms with Crippen LogP contribution in [0.1, 0.15) is 33.9 Å². The van der Waals surface area contributed by atoms with E-state index in [4.69, 9.17) is 4.42 Å². The molecule has 0 radical (unpaired) electrons. The van der Waals surface area contributed by atoms with Crippen LogP contribution in [0.4, 0.5) is 13.2 Å². The van der Waals surface area contributed by atoms with E-state index >= 15 is 0 Å². The number of amides is 1. The van der Waals surface area contributed by atoms with Crippen molar-refractivity contribution < 1.29 is 22.4 Å². The molecule has 0 unspecified atom stereocenters. The Balaban J connectivity index is 1.59. The molecule has 0 aliphatic carbocycles. The van der Waals surface area contributed by atoms with E-state index in [9.17, 15) is 18.0 Å². The van der Waals surface area contributed by atoms with Gasteiger partial charge in [0, 0.05) is 23.9 Å². The number of furan rings is 1. The summed E-state index contributed by atoms with van der Waals surface area (Å²) in [4.78, 5) is 16.6. The van der Waals surface area contributed by atoms with Crippen LogP contribution in [0, 0.1) is 12.7 Å². The Morgan fingerprint density at radius 2 is 1.93 bits per heavy atom. The molecule has 2 heterocycles. The third kappa shape index (κ3) is 5.63. The Kier molecular flexibility index (Phi) is 6.64. The second kappa shape index (κ2) is 9.17. The molecule has 0 atom stereocenters. The topological polar surface area (TPSA) is 55.1 Å². The predicted octanol–water partition coefficient (Wildman–Crippen LogP) is 5.33. The fraction of sp³-hybridized carbons (Fsp3) is 0.238. The van der Waals surface area contributed by atoms with Gasteiger partial charge in [-0.2, -0.15) is 0 Å². The number of carbonyl (C=O) groups is 1. The monoisotopic (exact) mass is 420 g/mol. The minimum atomic E-state index is -3.10. The molecule has 0 saturated heterocycles. The molecule has 3 rings (SSSR count). The SMILES string of the molecule is Cc1ccc(CNC(=O)c2cccnc2SCCC(F)(F)c2ccc(F)cc2)o1. The highest BCUT2D eigenvalue weighted by molar-refractivity contribution is 7.99. The molecular formula is C21H19F3N2O2S. The minimum Gasteiger partial charge on any atom is -0.465 e. The number of rotatable bonds is 8. The van der Waals surface area contributed by atoms with Gasteiger partial charge in [0.15, 0.2) is 0 Å². The van der Waals surface area contributed by atoms with Crippen LogP contribution < -0.4 is 5.32 Å². The number of halogens is 3. The summed E-state index contributed by atoms with van der Waals surface area (Å²) >= 11 is 1.08. The van der Waals surface area contributed by atoms with Crippen molar-refractivity contribution in [3.63, 3.8) is 0 Å². The number of carbonyl (C=O) groups excluding carboxylic acids is 1. The van der Waals surface area contributed by atoms with E-state index in [0.717, 1.165) is 41.8 Å². The number of aromatic nitrogens is 1. The molecule has 3 aromatic rings. The first-order valence-electron chi connectivity index (χ1n) is 8.90. The van der Waals surface area contributed by atoms with Gasteiger partial charge in [-0.15, -0.1) is 11.8 Å². The Hall–Kier alpha value is -2.74. The number of nitrogens with one attached hydrogen (secondary N) is 1. The van der Waals surface area contributed by atoms with E-state index < -0.39 is 18.2 Å². The van der Waals surface area contributed by atoms with Gasteiger partial charge in [-0.05, 0) is 43.3 Å². The molecule has 0 saturated carbocycles. The zero-order valence-electron chi connectivity index (χ0n) is 15.6. The van der Waals surface area contributed by atoms with E-state index in [1.165, 1.54) is 6.20 Å². The average Bonchev–Trinajstić information content (AvgIpc) is 3.12. The molecule has 2 aromatic heterocycles. The Bertz CT molecular complexity index is 974. The Morgan fingerprint density at radius 1 is 1.17 bits per heavy atom. The molecule has 4 nitrogen and oxygen atoms in total. The molecule has 152 valence electrons. The van der Waals surface area contributed by atoms with Gasteiger partial charge in [-0.1, -0.05) is 12.1 Å². The minimum absolute atomic E-state index is 0.0407. The van der Waals surface area contributed by atoms with Crippen molar-refractivity contribution in [3.8, 4) is 0 Å². The first-order valence-corrected chi connectivity index (χ1v) is 9.89. The van der Waals surface area contributed by atoms with Crippen LogP contribution in [0.25, 0.3) is 0 Å². The van der Waals surface area contributed by atoms with Crippen LogP contribution in [0.2, 0.25) is 0 Å². The van der Waals surface area contributed by atoms with E-state index in [-0.39, 0.29) is 23.8 Å². The lowest BCUT2D eigenvalue weighted by Gasteiger charge is -2.16. The highest BCUT2D eigenvalue weighted by Gasteiger charge is 2.31. The number of thioether (sulfide) groups is 1. The Labute approximate surface area is 170 Å². The van der Waals surface area contributed by atoms with Crippen LogP contribution in [-0.4, -0.2) is 16.6 Å². The number of hydrogen-bond acceptors (Lipinski definition) is 4. The van der Waals surface area contributed by atoms with Gasteiger partial charge in [0.2, 0.25) is 0 Å². The average molecular weight is 420 g/mol. The first-order chi connectivity index (χ1) is 13.8. The van der Waals surface area contributed by atoms with Crippen molar-refractivity contribution in [1.82, 2.24) is 10.3 Å². The summed E-state index contributed by atoms with van der Waals surface area (Å²) in [5.74, 6) is -2.62. The standard InChI is InChI=1S/C21H19F3N2O2S/c1-14-4-9-17(28-14)13-26-19(27)18-3-2-11-25-20(18)29-12-10-21(23,24)15-5-7-16(22)8-6-15/h2-9,11H,10,12-13H2,1H3,(H,26,27). The van der Waals surface area contributed by atoms with Gasteiger partial charge in [0.05, 0.1) is 12.1 Å². The maximum Gasteiger partial charge on any atom is 0.274 e. The van der Waals surface area contributed by atoms with E-state index in [2.05, 4.69) is 10.3 Å². The van der Waals surface area contributed by atoms with Crippen molar-refractivity contribution in [3.05, 3.63) is 83.2 Å². The van der Waals surface area contributed by atoms with Crippen molar-refractivity contribution >= 4 is 17.7 Å². The van der Waals surface area contributed by atoms with Crippen LogP contribution in [0.3, 0.4) is 0 Å². The first kappa shape index (κ1) is 21.0. The molecule has 29 heavy (non-hydrogen) atoms. The lowest BCUT2D eigenvalue weighted by Crippen LogP contribution is -2.23. The fourth-order valence-corrected chi connectivity index (χ4v) is 3.64. The third-order valence-corrected chi connectivity index (χ3v) is 5.16. The molecule has 0 aliphatic heterocycles. The maximum absolute atomic E-state index is 14.3. The predicted molar refractivity (Wildman–Crippen MR) is 104 cm³/mol. The van der Waals surface area contributed by atoms with Gasteiger partial charge in [-0.3, -0.25) is 4.79 Å². The molecule has 0 bridgehead atoms. The summed E-state index contributed by atoms with van der Waals surface area (Å²) in [5, 5.41) is 3.11. The quantitative estimate of drug-likeness (QED) is 0.501. The van der Waals surface area contributed by atoms with Crippen LogP contribution in [-0.2, 0) is 12.5 Å². The molecule has 1 aromatic carbocycles. The highest BCUT2D eigenvalue weighted by atomic mass is 32.2. The fourth-order valence-electron chi connectivity index (χ4n) is 2.64. The lowest BCUT2D eigenvalue weighted by molar-refractivity contribution is -0.00707. The van der Waals surface area contributed by atoms with Crippen LogP contribution >= 0.6 is 11.8 Å². The lowest BCUT2D eigenvalue weighted by atomic mass is 10.1. The van der Waals surface area contributed by atoms with Crippen molar-refractivity contribution in [2.24, 2.45) is 0 Å². The number of nitrogens with zero attached hydrogens (tertiary/aromatic N) is 1. The van der Waals surface area contributed by atoms with E-state index in [0.29, 0.717) is 16.3 Å². The second-order valence-electron chi connectivity index (χ2n) is 6.36. The summed E-state index contributed by atoms with van der Waals surface area (Å²) in [6.45, 7) is 2.03. The number of alkyl halides is 2. The zero-order chi connectivity index (χ0) is 20.9. The number of benzene rings is 1. The number of pyridine rings is 1. The molecule has 8 heteroatoms. The van der Waals surface area contributed by atoms with E-state index in [1.807, 2.05) is 6.92 Å². The molecule has 0 aliphatic rings. The van der Waals surface area contributed by atoms with Gasteiger partial charge in [0.1, 0.15) is 22.4 Å². The third-order valence-electron chi connectivity index (χ3n) is 4.16. The number of hydrogen-bond donors (Lipinski definition) is 1. The largest absolute Gasteiger partial charge is 0.465 e. The van der Waals surface area contributed by atoms with Crippen LogP contribution in [0.15, 0.2) is 64.2 Å². The molecular weight excluding hydrogens is 401 g/mol. The highest BCUT2D eigenvalue weighted by Crippen LogP contribution is 2.34. The molecule has 1 amide bonds. The smallest absolute Gasteiger partial charge is 0.274 e. The van der Waals surface area contributed by atoms with Crippen molar-refractivity contribution in [2.75, 3.05) is 5.75 Å². The summed E-state index contributed by atoms with van der Waals surface area (Å²) < 4.78 is 47.0. The summed E-state index contributed by atoms with van der Waals surface area (Å²) in [5.41, 5.74) is 0.0677. The van der Waals surface area contributed by atoms with Crippen molar-refractivity contribution in [2.45, 2.75) is 30.8 Å². The Morgan fingerprint density at radius 3 is 2.62 bits per heavy atom. The molecule has 1 N–H and O–H groups in total. The zero-order valence-corrected chi connectivity index (χ0v) is 16.4. The summed E-state index contributed by atoms with van der Waals surface area (Å²) in [7, 11) is 0. The van der Waals surface area contributed by atoms with Gasteiger partial charge in [-0.25, -0.2) is 18.2 Å². The van der Waals surface area contributed by atoms with Gasteiger partial charge in [0.25, 0.3) is 11.8 Å². The second-order valence-corrected chi connectivity index (χ2v) is 7.44. The summed E-state index contributed by atoms with van der Waals surface area (Å²) in [6.07, 6.45) is 1.04. The number of aryl methyl sites for hydroxylation is 1. The molecule has 0 spiro atoms. The van der Waals surface area contributed by atoms with Gasteiger partial charge >= 0.3 is 0 Å². The maximum atomic E-state index is 14.3. The van der Waals surface area contributed by atoms with E-state index in [1.54, 1.807) is 24.3 Å². The molecule has 0 fully saturated rings. The normalized spacial score (nSPS) is 11.4. The summed E-state index contributed by atoms with van der Waals surface area (Å²) in [6, 6.07) is 11.0. The van der Waals surface area contributed by atoms with Crippen molar-refractivity contribution in [1.29, 1.82) is 0 Å². The van der Waals surface area contributed by atoms with Gasteiger partial charge < -0.3 is 9.73 Å². The van der Waals surface area contributed by atoms with Crippen LogP contribution in [0.5, 0.6) is 0 Å².